The van der Waals surface area contributed by atoms with Gasteiger partial charge < -0.3 is 15.8 Å². The SMILES string of the molecule is Nc1ccn(CCOc2ccc3c(c2)CCC(=O)N3)n1. The van der Waals surface area contributed by atoms with Gasteiger partial charge in [-0.25, -0.2) is 0 Å². The Hall–Kier alpha value is -2.50. The van der Waals surface area contributed by atoms with Gasteiger partial charge in [0.25, 0.3) is 0 Å². The van der Waals surface area contributed by atoms with E-state index >= 15 is 0 Å². The van der Waals surface area contributed by atoms with Crippen LogP contribution in [-0.4, -0.2) is 22.3 Å². The summed E-state index contributed by atoms with van der Waals surface area (Å²) in [5.74, 6) is 1.39. The molecule has 2 aromatic rings. The Balaban J connectivity index is 1.59. The molecule has 0 radical (unpaired) electrons. The summed E-state index contributed by atoms with van der Waals surface area (Å²) >= 11 is 0. The number of nitrogens with one attached hydrogen (secondary N) is 1. The van der Waals surface area contributed by atoms with Gasteiger partial charge in [-0.15, -0.1) is 0 Å². The van der Waals surface area contributed by atoms with Gasteiger partial charge in [0.1, 0.15) is 18.2 Å². The zero-order valence-corrected chi connectivity index (χ0v) is 11.0. The number of hydrogen-bond acceptors (Lipinski definition) is 4. The maximum atomic E-state index is 11.3. The van der Waals surface area contributed by atoms with Gasteiger partial charge in [-0.1, -0.05) is 0 Å². The number of carbonyl (C=O) groups excluding carboxylic acids is 1. The minimum Gasteiger partial charge on any atom is -0.492 e. The molecule has 0 spiro atoms. The Labute approximate surface area is 116 Å². The largest absolute Gasteiger partial charge is 0.492 e. The molecule has 1 amide bonds. The van der Waals surface area contributed by atoms with E-state index in [1.165, 1.54) is 0 Å². The maximum Gasteiger partial charge on any atom is 0.224 e. The molecule has 0 fully saturated rings. The lowest BCUT2D eigenvalue weighted by Crippen LogP contribution is -2.19. The maximum absolute atomic E-state index is 11.3. The summed E-state index contributed by atoms with van der Waals surface area (Å²) < 4.78 is 7.44. The predicted octanol–water partition coefficient (Wildman–Crippen LogP) is 1.43. The standard InChI is InChI=1S/C14H16N4O2/c15-13-5-6-18(17-13)7-8-20-11-2-3-12-10(9-11)1-4-14(19)16-12/h2-3,5-6,9H,1,4,7-8H2,(H2,15,17)(H,16,19). The third-order valence-electron chi connectivity index (χ3n) is 3.22. The molecular weight excluding hydrogens is 256 g/mol. The number of nitrogens with two attached hydrogens (primary N) is 1. The number of nitrogens with zero attached hydrogens (tertiary/aromatic N) is 2. The molecule has 104 valence electrons. The summed E-state index contributed by atoms with van der Waals surface area (Å²) in [6.07, 6.45) is 3.11. The van der Waals surface area contributed by atoms with E-state index in [9.17, 15) is 4.79 Å². The number of anilines is 2. The van der Waals surface area contributed by atoms with Crippen LogP contribution in [0, 0.1) is 0 Å². The Morgan fingerprint density at radius 1 is 1.35 bits per heavy atom. The highest BCUT2D eigenvalue weighted by atomic mass is 16.5. The molecule has 1 aromatic heterocycles. The molecule has 3 rings (SSSR count). The van der Waals surface area contributed by atoms with Gasteiger partial charge in [0.05, 0.1) is 6.54 Å². The lowest BCUT2D eigenvalue weighted by atomic mass is 10.0. The average molecular weight is 272 g/mol. The first-order valence-corrected chi connectivity index (χ1v) is 6.55. The van der Waals surface area contributed by atoms with E-state index in [0.717, 1.165) is 23.4 Å². The third-order valence-corrected chi connectivity index (χ3v) is 3.22. The molecule has 0 atom stereocenters. The van der Waals surface area contributed by atoms with Crippen molar-refractivity contribution in [3.63, 3.8) is 0 Å². The van der Waals surface area contributed by atoms with Crippen molar-refractivity contribution in [1.29, 1.82) is 0 Å². The monoisotopic (exact) mass is 272 g/mol. The van der Waals surface area contributed by atoms with Gasteiger partial charge in [-0.05, 0) is 36.2 Å². The van der Waals surface area contributed by atoms with Crippen molar-refractivity contribution in [1.82, 2.24) is 9.78 Å². The summed E-state index contributed by atoms with van der Waals surface area (Å²) in [7, 11) is 0. The Morgan fingerprint density at radius 3 is 3.05 bits per heavy atom. The second-order valence-electron chi connectivity index (χ2n) is 4.72. The van der Waals surface area contributed by atoms with Crippen molar-refractivity contribution in [3.8, 4) is 5.75 Å². The molecule has 20 heavy (non-hydrogen) atoms. The predicted molar refractivity (Wildman–Crippen MR) is 75.5 cm³/mol. The molecule has 0 saturated heterocycles. The van der Waals surface area contributed by atoms with Gasteiger partial charge >= 0.3 is 0 Å². The average Bonchev–Trinajstić information content (AvgIpc) is 2.85. The van der Waals surface area contributed by atoms with Crippen LogP contribution >= 0.6 is 0 Å². The van der Waals surface area contributed by atoms with E-state index in [2.05, 4.69) is 10.4 Å². The van der Waals surface area contributed by atoms with E-state index in [-0.39, 0.29) is 5.91 Å². The fourth-order valence-corrected chi connectivity index (χ4v) is 2.21. The molecule has 0 saturated carbocycles. The smallest absolute Gasteiger partial charge is 0.224 e. The Kier molecular flexibility index (Phi) is 3.28. The van der Waals surface area contributed by atoms with E-state index in [1.807, 2.05) is 24.4 Å². The zero-order valence-electron chi connectivity index (χ0n) is 11.0. The van der Waals surface area contributed by atoms with Gasteiger partial charge in [-0.3, -0.25) is 9.48 Å². The van der Waals surface area contributed by atoms with Gasteiger partial charge in [0.2, 0.25) is 5.91 Å². The molecule has 0 aliphatic carbocycles. The summed E-state index contributed by atoms with van der Waals surface area (Å²) in [6.45, 7) is 1.16. The van der Waals surface area contributed by atoms with E-state index < -0.39 is 0 Å². The molecule has 2 heterocycles. The number of fused-ring (bicyclic) bond motifs is 1. The molecule has 1 aliphatic rings. The Bertz CT molecular complexity index is 636. The number of nitrogen functional groups attached to an aromatic ring is 1. The molecular formula is C14H16N4O2. The van der Waals surface area contributed by atoms with E-state index in [4.69, 9.17) is 10.5 Å². The molecule has 1 aliphatic heterocycles. The van der Waals surface area contributed by atoms with Crippen LogP contribution < -0.4 is 15.8 Å². The van der Waals surface area contributed by atoms with Crippen LogP contribution in [0.15, 0.2) is 30.5 Å². The van der Waals surface area contributed by atoms with Crippen LogP contribution in [0.4, 0.5) is 11.5 Å². The number of aryl methyl sites for hydroxylation is 1. The number of carbonyl (C=O) groups is 1. The van der Waals surface area contributed by atoms with Crippen molar-refractivity contribution in [2.24, 2.45) is 0 Å². The molecule has 1 aromatic carbocycles. The van der Waals surface area contributed by atoms with Gasteiger partial charge in [-0.2, -0.15) is 5.10 Å². The summed E-state index contributed by atoms with van der Waals surface area (Å²) in [4.78, 5) is 11.3. The third kappa shape index (κ3) is 2.74. The zero-order chi connectivity index (χ0) is 13.9. The molecule has 3 N–H and O–H groups in total. The van der Waals surface area contributed by atoms with Crippen LogP contribution in [0.25, 0.3) is 0 Å². The summed E-state index contributed by atoms with van der Waals surface area (Å²) in [5.41, 5.74) is 7.54. The van der Waals surface area contributed by atoms with Crippen molar-refractivity contribution in [3.05, 3.63) is 36.0 Å². The highest BCUT2D eigenvalue weighted by Crippen LogP contribution is 2.26. The fourth-order valence-electron chi connectivity index (χ4n) is 2.21. The molecule has 0 unspecified atom stereocenters. The topological polar surface area (TPSA) is 82.2 Å². The second-order valence-corrected chi connectivity index (χ2v) is 4.72. The molecule has 6 nitrogen and oxygen atoms in total. The van der Waals surface area contributed by atoms with Crippen LogP contribution in [0.5, 0.6) is 5.75 Å². The van der Waals surface area contributed by atoms with E-state index in [1.54, 1.807) is 10.7 Å². The Morgan fingerprint density at radius 2 is 2.25 bits per heavy atom. The van der Waals surface area contributed by atoms with Gasteiger partial charge in [0, 0.05) is 18.3 Å². The minimum absolute atomic E-state index is 0.0717. The molecule has 6 heteroatoms. The van der Waals surface area contributed by atoms with Crippen molar-refractivity contribution in [2.45, 2.75) is 19.4 Å². The number of hydrogen-bond donors (Lipinski definition) is 2. The normalized spacial score (nSPS) is 13.7. The summed E-state index contributed by atoms with van der Waals surface area (Å²) in [5, 5.41) is 6.94. The van der Waals surface area contributed by atoms with Crippen LogP contribution in [0.1, 0.15) is 12.0 Å². The number of amides is 1. The number of ether oxygens (including phenoxy) is 1. The lowest BCUT2D eigenvalue weighted by Gasteiger charge is -2.17. The fraction of sp³-hybridized carbons (Fsp3) is 0.286. The van der Waals surface area contributed by atoms with Crippen molar-refractivity contribution >= 4 is 17.4 Å². The first kappa shape index (κ1) is 12.5. The van der Waals surface area contributed by atoms with Crippen molar-refractivity contribution in [2.75, 3.05) is 17.7 Å². The van der Waals surface area contributed by atoms with Crippen LogP contribution in [0.2, 0.25) is 0 Å². The molecule has 0 bridgehead atoms. The minimum atomic E-state index is 0.0717. The second kappa shape index (κ2) is 5.24. The van der Waals surface area contributed by atoms with Crippen LogP contribution in [-0.2, 0) is 17.8 Å². The number of rotatable bonds is 4. The number of aromatic nitrogens is 2. The van der Waals surface area contributed by atoms with E-state index in [0.29, 0.717) is 25.4 Å². The first-order chi connectivity index (χ1) is 9.70. The van der Waals surface area contributed by atoms with Crippen molar-refractivity contribution < 1.29 is 9.53 Å². The highest BCUT2D eigenvalue weighted by molar-refractivity contribution is 5.93. The lowest BCUT2D eigenvalue weighted by molar-refractivity contribution is -0.116. The summed E-state index contributed by atoms with van der Waals surface area (Å²) in [6, 6.07) is 7.48. The quantitative estimate of drug-likeness (QED) is 0.882. The highest BCUT2D eigenvalue weighted by Gasteiger charge is 2.14. The van der Waals surface area contributed by atoms with Gasteiger partial charge in [0.15, 0.2) is 0 Å². The first-order valence-electron chi connectivity index (χ1n) is 6.55. The number of benzene rings is 1. The van der Waals surface area contributed by atoms with Crippen LogP contribution in [0.3, 0.4) is 0 Å².